The first-order chi connectivity index (χ1) is 15.3. The molecule has 0 unspecified atom stereocenters. The zero-order chi connectivity index (χ0) is 21.0. The summed E-state index contributed by atoms with van der Waals surface area (Å²) in [5, 5.41) is 19.9. The molecular weight excluding hydrogens is 406 g/mol. The summed E-state index contributed by atoms with van der Waals surface area (Å²) < 4.78 is 2.19. The first-order valence-corrected chi connectivity index (χ1v) is 12.0. The summed E-state index contributed by atoms with van der Waals surface area (Å²) in [7, 11) is 0. The Kier molecular flexibility index (Phi) is 5.96. The SMILES string of the molecule is N#Cc1ccc(Nc2nc([C@H]3CCCN(Cc4cnn(C5CCCC5)c4)C3)cs2)cn1. The second kappa shape index (κ2) is 9.16. The van der Waals surface area contributed by atoms with Gasteiger partial charge in [0, 0.05) is 36.1 Å². The van der Waals surface area contributed by atoms with Crippen LogP contribution in [0.2, 0.25) is 0 Å². The summed E-state index contributed by atoms with van der Waals surface area (Å²) in [6.45, 7) is 3.14. The Morgan fingerprint density at radius 2 is 2.06 bits per heavy atom. The van der Waals surface area contributed by atoms with Crippen LogP contribution in [0.3, 0.4) is 0 Å². The predicted octanol–water partition coefficient (Wildman–Crippen LogP) is 4.84. The van der Waals surface area contributed by atoms with Crippen LogP contribution >= 0.6 is 11.3 Å². The van der Waals surface area contributed by atoms with Crippen molar-refractivity contribution in [3.05, 3.63) is 53.1 Å². The lowest BCUT2D eigenvalue weighted by molar-refractivity contribution is 0.198. The van der Waals surface area contributed by atoms with Gasteiger partial charge in [0.25, 0.3) is 0 Å². The van der Waals surface area contributed by atoms with Gasteiger partial charge in [-0.1, -0.05) is 12.8 Å². The maximum atomic E-state index is 8.88. The lowest BCUT2D eigenvalue weighted by atomic mass is 9.95. The molecule has 0 bridgehead atoms. The number of rotatable bonds is 6. The molecule has 0 amide bonds. The third kappa shape index (κ3) is 4.78. The molecule has 3 aromatic heterocycles. The van der Waals surface area contributed by atoms with Crippen LogP contribution in [-0.2, 0) is 6.54 Å². The van der Waals surface area contributed by atoms with Gasteiger partial charge in [-0.25, -0.2) is 9.97 Å². The summed E-state index contributed by atoms with van der Waals surface area (Å²) in [6, 6.07) is 6.22. The minimum absolute atomic E-state index is 0.418. The third-order valence-electron chi connectivity index (χ3n) is 6.34. The maximum Gasteiger partial charge on any atom is 0.187 e. The number of hydrogen-bond donors (Lipinski definition) is 1. The van der Waals surface area contributed by atoms with Crippen molar-refractivity contribution in [2.75, 3.05) is 18.4 Å². The summed E-state index contributed by atoms with van der Waals surface area (Å²) in [5.74, 6) is 0.463. The second-order valence-corrected chi connectivity index (χ2v) is 9.45. The van der Waals surface area contributed by atoms with Gasteiger partial charge < -0.3 is 5.32 Å². The maximum absolute atomic E-state index is 8.88. The smallest absolute Gasteiger partial charge is 0.187 e. The molecule has 1 N–H and O–H groups in total. The Labute approximate surface area is 186 Å². The van der Waals surface area contributed by atoms with Crippen LogP contribution in [0.5, 0.6) is 0 Å². The second-order valence-electron chi connectivity index (χ2n) is 8.59. The molecule has 1 atom stereocenters. The molecule has 0 radical (unpaired) electrons. The van der Waals surface area contributed by atoms with Gasteiger partial charge in [0.1, 0.15) is 11.8 Å². The highest BCUT2D eigenvalue weighted by atomic mass is 32.1. The van der Waals surface area contributed by atoms with E-state index in [0.717, 1.165) is 30.5 Å². The molecule has 1 aliphatic heterocycles. The van der Waals surface area contributed by atoms with Crippen LogP contribution in [0.4, 0.5) is 10.8 Å². The Morgan fingerprint density at radius 3 is 2.87 bits per heavy atom. The van der Waals surface area contributed by atoms with Gasteiger partial charge in [-0.2, -0.15) is 10.4 Å². The summed E-state index contributed by atoms with van der Waals surface area (Å²) in [4.78, 5) is 11.5. The van der Waals surface area contributed by atoms with Crippen molar-refractivity contribution in [1.82, 2.24) is 24.6 Å². The monoisotopic (exact) mass is 433 g/mol. The quantitative estimate of drug-likeness (QED) is 0.599. The zero-order valence-corrected chi connectivity index (χ0v) is 18.4. The van der Waals surface area contributed by atoms with Gasteiger partial charge in [-0.3, -0.25) is 9.58 Å². The highest BCUT2D eigenvalue weighted by molar-refractivity contribution is 7.13. The predicted molar refractivity (Wildman–Crippen MR) is 121 cm³/mol. The molecule has 31 heavy (non-hydrogen) atoms. The van der Waals surface area contributed by atoms with Crippen molar-refractivity contribution in [2.45, 2.75) is 57.0 Å². The van der Waals surface area contributed by atoms with Crippen molar-refractivity contribution < 1.29 is 0 Å². The highest BCUT2D eigenvalue weighted by Gasteiger charge is 2.24. The topological polar surface area (TPSA) is 82.7 Å². The minimum Gasteiger partial charge on any atom is -0.330 e. The van der Waals surface area contributed by atoms with Crippen molar-refractivity contribution in [1.29, 1.82) is 5.26 Å². The molecule has 8 heteroatoms. The summed E-state index contributed by atoms with van der Waals surface area (Å²) in [5.41, 5.74) is 3.76. The van der Waals surface area contributed by atoms with E-state index < -0.39 is 0 Å². The number of pyridine rings is 1. The molecule has 1 aliphatic carbocycles. The van der Waals surface area contributed by atoms with E-state index in [-0.39, 0.29) is 0 Å². The van der Waals surface area contributed by atoms with Crippen molar-refractivity contribution in [3.63, 3.8) is 0 Å². The van der Waals surface area contributed by atoms with E-state index in [9.17, 15) is 0 Å². The molecule has 3 aromatic rings. The molecule has 1 saturated carbocycles. The van der Waals surface area contributed by atoms with Crippen LogP contribution in [0, 0.1) is 11.3 Å². The molecule has 1 saturated heterocycles. The number of nitriles is 1. The first kappa shape index (κ1) is 20.2. The number of piperidine rings is 1. The van der Waals surface area contributed by atoms with Gasteiger partial charge in [0.15, 0.2) is 5.13 Å². The Bertz CT molecular complexity index is 1040. The zero-order valence-electron chi connectivity index (χ0n) is 17.6. The molecule has 0 aromatic carbocycles. The van der Waals surface area contributed by atoms with Crippen LogP contribution in [0.25, 0.3) is 0 Å². The average molecular weight is 434 g/mol. The largest absolute Gasteiger partial charge is 0.330 e. The highest BCUT2D eigenvalue weighted by Crippen LogP contribution is 2.32. The van der Waals surface area contributed by atoms with Gasteiger partial charge in [0.05, 0.1) is 29.8 Å². The van der Waals surface area contributed by atoms with E-state index in [1.54, 1.807) is 23.6 Å². The minimum atomic E-state index is 0.418. The summed E-state index contributed by atoms with van der Waals surface area (Å²) >= 11 is 1.62. The number of likely N-dealkylation sites (tertiary alicyclic amines) is 1. The average Bonchev–Trinajstić information content (AvgIpc) is 3.56. The molecule has 5 rings (SSSR count). The molecule has 0 spiro atoms. The van der Waals surface area contributed by atoms with Crippen LogP contribution in [0.15, 0.2) is 36.1 Å². The van der Waals surface area contributed by atoms with Gasteiger partial charge in [0.2, 0.25) is 0 Å². The molecule has 2 aliphatic rings. The number of hydrogen-bond acceptors (Lipinski definition) is 7. The van der Waals surface area contributed by atoms with Crippen LogP contribution in [0.1, 0.15) is 67.4 Å². The van der Waals surface area contributed by atoms with E-state index in [1.807, 2.05) is 12.1 Å². The van der Waals surface area contributed by atoms with Crippen LogP contribution < -0.4 is 5.32 Å². The molecule has 7 nitrogen and oxygen atoms in total. The van der Waals surface area contributed by atoms with Crippen LogP contribution in [-0.4, -0.2) is 37.7 Å². The third-order valence-corrected chi connectivity index (χ3v) is 7.11. The van der Waals surface area contributed by atoms with E-state index in [1.165, 1.54) is 49.8 Å². The number of thiazole rings is 1. The first-order valence-electron chi connectivity index (χ1n) is 11.1. The lowest BCUT2D eigenvalue weighted by Gasteiger charge is -2.31. The van der Waals surface area contributed by atoms with E-state index in [2.05, 4.69) is 42.8 Å². The van der Waals surface area contributed by atoms with Crippen molar-refractivity contribution in [3.8, 4) is 6.07 Å². The number of nitrogens with zero attached hydrogens (tertiary/aromatic N) is 6. The standard InChI is InChI=1S/C23H27N7S/c24-10-19-7-8-20(12-25-19)27-23-28-22(16-31-23)18-4-3-9-29(15-18)13-17-11-26-30(14-17)21-5-1-2-6-21/h7-8,11-12,14,16,18,21H,1-6,9,13,15H2,(H,27,28)/t18-/m0/s1. The van der Waals surface area contributed by atoms with Crippen molar-refractivity contribution in [2.24, 2.45) is 0 Å². The lowest BCUT2D eigenvalue weighted by Crippen LogP contribution is -2.33. The fraction of sp³-hybridized carbons (Fsp3) is 0.478. The summed E-state index contributed by atoms with van der Waals surface area (Å²) in [6.07, 6.45) is 13.6. The Balaban J connectivity index is 1.19. The normalized spacial score (nSPS) is 20.0. The van der Waals surface area contributed by atoms with E-state index in [0.29, 0.717) is 17.7 Å². The Hall–Kier alpha value is -2.76. The van der Waals surface area contributed by atoms with E-state index in [4.69, 9.17) is 10.2 Å². The van der Waals surface area contributed by atoms with Gasteiger partial charge in [-0.05, 0) is 44.4 Å². The molecule has 160 valence electrons. The van der Waals surface area contributed by atoms with Crippen molar-refractivity contribution >= 4 is 22.2 Å². The Morgan fingerprint density at radius 1 is 1.16 bits per heavy atom. The molecule has 2 fully saturated rings. The van der Waals surface area contributed by atoms with Gasteiger partial charge >= 0.3 is 0 Å². The van der Waals surface area contributed by atoms with E-state index >= 15 is 0 Å². The number of nitrogens with one attached hydrogen (secondary N) is 1. The fourth-order valence-corrected chi connectivity index (χ4v) is 5.53. The number of aromatic nitrogens is 4. The fourth-order valence-electron chi connectivity index (χ4n) is 4.71. The van der Waals surface area contributed by atoms with Gasteiger partial charge in [-0.15, -0.1) is 11.3 Å². The molecular formula is C23H27N7S. The molecule has 4 heterocycles. The number of anilines is 2.